The lowest BCUT2D eigenvalue weighted by atomic mass is 10.1. The fourth-order valence-electron chi connectivity index (χ4n) is 2.38. The largest absolute Gasteiger partial charge is 0.391 e. The van der Waals surface area contributed by atoms with Crippen LogP contribution in [0.3, 0.4) is 0 Å². The van der Waals surface area contributed by atoms with Crippen LogP contribution < -0.4 is 0 Å². The fourth-order valence-corrected chi connectivity index (χ4v) is 6.58. The lowest BCUT2D eigenvalue weighted by molar-refractivity contribution is 0.285. The van der Waals surface area contributed by atoms with E-state index < -0.39 is 10.0 Å². The number of rotatable bonds is 3. The first-order valence-corrected chi connectivity index (χ1v) is 9.42. The number of thiophene rings is 1. The van der Waals surface area contributed by atoms with E-state index in [1.165, 1.54) is 11.3 Å². The van der Waals surface area contributed by atoms with E-state index in [1.807, 2.05) is 6.92 Å². The van der Waals surface area contributed by atoms with Crippen molar-refractivity contribution in [3.8, 4) is 0 Å². The van der Waals surface area contributed by atoms with Crippen LogP contribution in [-0.4, -0.2) is 30.4 Å². The summed E-state index contributed by atoms with van der Waals surface area (Å²) in [6, 6.07) is 1.61. The Kier molecular flexibility index (Phi) is 5.05. The Labute approximate surface area is 126 Å². The van der Waals surface area contributed by atoms with Gasteiger partial charge < -0.3 is 5.11 Å². The van der Waals surface area contributed by atoms with E-state index in [4.69, 9.17) is 5.11 Å². The van der Waals surface area contributed by atoms with Gasteiger partial charge in [0.25, 0.3) is 0 Å². The molecule has 1 fully saturated rings. The molecule has 0 aromatic carbocycles. The third-order valence-electron chi connectivity index (χ3n) is 3.44. The van der Waals surface area contributed by atoms with Gasteiger partial charge in [-0.25, -0.2) is 8.42 Å². The number of aliphatic hydroxyl groups is 1. The van der Waals surface area contributed by atoms with Gasteiger partial charge in [0.05, 0.1) is 10.4 Å². The first-order valence-electron chi connectivity index (χ1n) is 6.37. The minimum absolute atomic E-state index is 0.0388. The molecule has 7 heteroatoms. The van der Waals surface area contributed by atoms with Crippen molar-refractivity contribution in [2.45, 2.75) is 50.2 Å². The van der Waals surface area contributed by atoms with E-state index >= 15 is 0 Å². The van der Waals surface area contributed by atoms with Crippen molar-refractivity contribution in [3.63, 3.8) is 0 Å². The second-order valence-electron chi connectivity index (χ2n) is 4.82. The number of sulfonamides is 1. The molecule has 0 spiro atoms. The molecular weight excluding hydrogens is 350 g/mol. The van der Waals surface area contributed by atoms with Gasteiger partial charge in [0.2, 0.25) is 10.0 Å². The summed E-state index contributed by atoms with van der Waals surface area (Å²) < 4.78 is 27.6. The van der Waals surface area contributed by atoms with Crippen LogP contribution in [0.25, 0.3) is 0 Å². The molecule has 1 aliphatic rings. The molecule has 0 aliphatic carbocycles. The number of nitrogens with zero attached hydrogens (tertiary/aromatic N) is 1. The van der Waals surface area contributed by atoms with Crippen molar-refractivity contribution in [1.82, 2.24) is 4.31 Å². The van der Waals surface area contributed by atoms with E-state index in [0.29, 0.717) is 15.2 Å². The molecule has 0 radical (unpaired) electrons. The quantitative estimate of drug-likeness (QED) is 0.893. The summed E-state index contributed by atoms with van der Waals surface area (Å²) in [4.78, 5) is 0.947. The van der Waals surface area contributed by atoms with Crippen LogP contribution in [0.15, 0.2) is 14.7 Å². The topological polar surface area (TPSA) is 57.6 Å². The Morgan fingerprint density at radius 2 is 2.21 bits per heavy atom. The third kappa shape index (κ3) is 3.21. The van der Waals surface area contributed by atoms with E-state index in [2.05, 4.69) is 15.9 Å². The molecule has 1 atom stereocenters. The van der Waals surface area contributed by atoms with Crippen LogP contribution in [0.5, 0.6) is 0 Å². The normalized spacial score (nSPS) is 22.4. The van der Waals surface area contributed by atoms with E-state index in [1.54, 1.807) is 10.4 Å². The molecule has 108 valence electrons. The summed E-state index contributed by atoms with van der Waals surface area (Å²) in [6.07, 6.45) is 4.00. The maximum Gasteiger partial charge on any atom is 0.245 e. The van der Waals surface area contributed by atoms with Gasteiger partial charge in [0.1, 0.15) is 4.90 Å². The van der Waals surface area contributed by atoms with Crippen molar-refractivity contribution in [2.75, 3.05) is 6.54 Å². The van der Waals surface area contributed by atoms with Gasteiger partial charge in [-0.3, -0.25) is 0 Å². The van der Waals surface area contributed by atoms with Crippen molar-refractivity contribution in [3.05, 3.63) is 14.7 Å². The Bertz CT molecular complexity index is 541. The van der Waals surface area contributed by atoms with Gasteiger partial charge >= 0.3 is 0 Å². The van der Waals surface area contributed by atoms with Crippen LogP contribution in [0, 0.1) is 0 Å². The Morgan fingerprint density at radius 3 is 2.84 bits per heavy atom. The molecule has 1 unspecified atom stereocenters. The number of hydrogen-bond donors (Lipinski definition) is 1. The van der Waals surface area contributed by atoms with E-state index in [-0.39, 0.29) is 17.5 Å². The van der Waals surface area contributed by atoms with Crippen molar-refractivity contribution >= 4 is 37.3 Å². The summed E-state index contributed by atoms with van der Waals surface area (Å²) >= 11 is 4.57. The van der Waals surface area contributed by atoms with Crippen LogP contribution in [-0.2, 0) is 16.6 Å². The molecule has 0 saturated carbocycles. The Hall–Kier alpha value is 0.0500. The molecule has 1 aliphatic heterocycles. The van der Waals surface area contributed by atoms with Crippen molar-refractivity contribution in [2.24, 2.45) is 0 Å². The molecule has 0 bridgehead atoms. The van der Waals surface area contributed by atoms with Crippen molar-refractivity contribution in [1.29, 1.82) is 0 Å². The van der Waals surface area contributed by atoms with Crippen LogP contribution >= 0.6 is 27.3 Å². The van der Waals surface area contributed by atoms with Gasteiger partial charge in [-0.15, -0.1) is 11.3 Å². The second-order valence-corrected chi connectivity index (χ2v) is 9.14. The van der Waals surface area contributed by atoms with Crippen molar-refractivity contribution < 1.29 is 13.5 Å². The Balaban J connectivity index is 2.37. The highest BCUT2D eigenvalue weighted by molar-refractivity contribution is 9.11. The minimum atomic E-state index is -3.47. The van der Waals surface area contributed by atoms with Gasteiger partial charge in [-0.05, 0) is 41.8 Å². The molecule has 1 saturated heterocycles. The van der Waals surface area contributed by atoms with Gasteiger partial charge in [0.15, 0.2) is 0 Å². The zero-order valence-corrected chi connectivity index (χ0v) is 14.0. The van der Waals surface area contributed by atoms with Gasteiger partial charge in [-0.1, -0.05) is 12.8 Å². The monoisotopic (exact) mass is 367 g/mol. The minimum Gasteiger partial charge on any atom is -0.391 e. The predicted octanol–water partition coefficient (Wildman–Crippen LogP) is 2.96. The summed E-state index contributed by atoms with van der Waals surface area (Å²) in [5.74, 6) is 0. The first kappa shape index (κ1) is 15.4. The zero-order chi connectivity index (χ0) is 14.0. The maximum atomic E-state index is 12.7. The highest BCUT2D eigenvalue weighted by Crippen LogP contribution is 2.35. The molecule has 1 N–H and O–H groups in total. The molecule has 1 aromatic rings. The summed E-state index contributed by atoms with van der Waals surface area (Å²) in [6.45, 7) is 2.42. The zero-order valence-electron chi connectivity index (χ0n) is 10.8. The summed E-state index contributed by atoms with van der Waals surface area (Å²) in [7, 11) is -3.47. The maximum absolute atomic E-state index is 12.7. The number of halogens is 1. The molecule has 19 heavy (non-hydrogen) atoms. The lowest BCUT2D eigenvalue weighted by Gasteiger charge is -2.25. The predicted molar refractivity (Wildman–Crippen MR) is 79.8 cm³/mol. The third-order valence-corrected chi connectivity index (χ3v) is 7.69. The van der Waals surface area contributed by atoms with Crippen LogP contribution in [0.4, 0.5) is 0 Å². The smallest absolute Gasteiger partial charge is 0.245 e. The van der Waals surface area contributed by atoms with E-state index in [9.17, 15) is 8.42 Å². The molecule has 1 aromatic heterocycles. The van der Waals surface area contributed by atoms with Gasteiger partial charge in [-0.2, -0.15) is 4.31 Å². The average Bonchev–Trinajstić information content (AvgIpc) is 2.61. The molecular formula is C12H18BrNO3S2. The lowest BCUT2D eigenvalue weighted by Crippen LogP contribution is -2.38. The molecule has 0 amide bonds. The fraction of sp³-hybridized carbons (Fsp3) is 0.667. The van der Waals surface area contributed by atoms with E-state index in [0.717, 1.165) is 25.7 Å². The second kappa shape index (κ2) is 6.22. The first-order chi connectivity index (χ1) is 8.96. The molecule has 2 heterocycles. The molecule has 4 nitrogen and oxygen atoms in total. The Morgan fingerprint density at radius 1 is 1.47 bits per heavy atom. The van der Waals surface area contributed by atoms with Crippen LogP contribution in [0.2, 0.25) is 0 Å². The average molecular weight is 368 g/mol. The summed E-state index contributed by atoms with van der Waals surface area (Å²) in [5, 5.41) is 9.13. The highest BCUT2D eigenvalue weighted by atomic mass is 79.9. The van der Waals surface area contributed by atoms with Crippen LogP contribution in [0.1, 0.15) is 37.5 Å². The number of hydrogen-bond acceptors (Lipinski definition) is 4. The summed E-state index contributed by atoms with van der Waals surface area (Å²) in [5.41, 5.74) is 0. The highest BCUT2D eigenvalue weighted by Gasteiger charge is 2.32. The van der Waals surface area contributed by atoms with Gasteiger partial charge in [0, 0.05) is 17.5 Å². The standard InChI is InChI=1S/C12H18BrNO3S2/c1-9-5-3-2-4-6-14(9)19(16,17)11-7-10(8-15)18-12(11)13/h7,9,15H,2-6,8H2,1H3. The molecule has 2 rings (SSSR count). The SMILES string of the molecule is CC1CCCCCN1S(=O)(=O)c1cc(CO)sc1Br. The number of aliphatic hydroxyl groups excluding tert-OH is 1.